The maximum absolute atomic E-state index is 13.1. The molecule has 6 nitrogen and oxygen atoms in total. The Bertz CT molecular complexity index is 896. The topological polar surface area (TPSA) is 68.5 Å². The molecule has 0 radical (unpaired) electrons. The second-order valence-corrected chi connectivity index (χ2v) is 7.17. The van der Waals surface area contributed by atoms with Crippen LogP contribution in [0.3, 0.4) is 0 Å². The van der Waals surface area contributed by atoms with Gasteiger partial charge < -0.3 is 14.2 Å². The molecule has 140 valence electrons. The molecule has 0 aliphatic rings. The molecule has 0 atom stereocenters. The SMILES string of the molecule is COc1ccc(C(=O)N(Cc2nc(-c3ccccc3)no2)C(C)(C)C)cc1. The molecule has 1 amide bonds. The Morgan fingerprint density at radius 1 is 1.07 bits per heavy atom. The third kappa shape index (κ3) is 4.34. The summed E-state index contributed by atoms with van der Waals surface area (Å²) < 4.78 is 10.6. The molecule has 0 aliphatic heterocycles. The van der Waals surface area contributed by atoms with Crippen molar-refractivity contribution < 1.29 is 14.1 Å². The predicted octanol–water partition coefficient (Wildman–Crippen LogP) is 4.19. The second kappa shape index (κ2) is 7.61. The average Bonchev–Trinajstić information content (AvgIpc) is 3.14. The Kier molecular flexibility index (Phi) is 5.26. The molecule has 0 aliphatic carbocycles. The fraction of sp³-hybridized carbons (Fsp3) is 0.286. The zero-order valence-corrected chi connectivity index (χ0v) is 16.0. The Morgan fingerprint density at radius 2 is 1.74 bits per heavy atom. The fourth-order valence-electron chi connectivity index (χ4n) is 2.66. The van der Waals surface area contributed by atoms with Crippen LogP contribution < -0.4 is 4.74 Å². The lowest BCUT2D eigenvalue weighted by molar-refractivity contribution is 0.0526. The molecule has 0 saturated heterocycles. The summed E-state index contributed by atoms with van der Waals surface area (Å²) in [6.45, 7) is 6.16. The lowest BCUT2D eigenvalue weighted by atomic mass is 10.0. The summed E-state index contributed by atoms with van der Waals surface area (Å²) >= 11 is 0. The molecule has 0 bridgehead atoms. The van der Waals surface area contributed by atoms with Crippen molar-refractivity contribution in [2.45, 2.75) is 32.9 Å². The Hall–Kier alpha value is -3.15. The number of rotatable bonds is 5. The Morgan fingerprint density at radius 3 is 2.33 bits per heavy atom. The third-order valence-corrected chi connectivity index (χ3v) is 4.19. The highest BCUT2D eigenvalue weighted by Crippen LogP contribution is 2.23. The van der Waals surface area contributed by atoms with Gasteiger partial charge in [0, 0.05) is 16.7 Å². The third-order valence-electron chi connectivity index (χ3n) is 4.19. The Labute approximate surface area is 158 Å². The van der Waals surface area contributed by atoms with Gasteiger partial charge in [-0.25, -0.2) is 0 Å². The van der Waals surface area contributed by atoms with Gasteiger partial charge in [-0.2, -0.15) is 4.98 Å². The van der Waals surface area contributed by atoms with Gasteiger partial charge in [-0.15, -0.1) is 0 Å². The highest BCUT2D eigenvalue weighted by atomic mass is 16.5. The van der Waals surface area contributed by atoms with E-state index in [0.717, 1.165) is 5.56 Å². The highest BCUT2D eigenvalue weighted by Gasteiger charge is 2.29. The van der Waals surface area contributed by atoms with Gasteiger partial charge >= 0.3 is 0 Å². The minimum Gasteiger partial charge on any atom is -0.497 e. The molecule has 6 heteroatoms. The van der Waals surface area contributed by atoms with E-state index in [0.29, 0.717) is 23.0 Å². The van der Waals surface area contributed by atoms with Crippen LogP contribution >= 0.6 is 0 Å². The summed E-state index contributed by atoms with van der Waals surface area (Å²) in [4.78, 5) is 19.2. The molecule has 0 unspecified atom stereocenters. The van der Waals surface area contributed by atoms with Crippen molar-refractivity contribution in [3.05, 3.63) is 66.1 Å². The number of methoxy groups -OCH3 is 1. The van der Waals surface area contributed by atoms with E-state index in [-0.39, 0.29) is 12.5 Å². The van der Waals surface area contributed by atoms with Crippen LogP contribution in [0.25, 0.3) is 11.4 Å². The largest absolute Gasteiger partial charge is 0.497 e. The summed E-state index contributed by atoms with van der Waals surface area (Å²) in [6, 6.07) is 16.6. The van der Waals surface area contributed by atoms with Crippen molar-refractivity contribution in [2.75, 3.05) is 7.11 Å². The number of carbonyl (C=O) groups excluding carboxylic acids is 1. The van der Waals surface area contributed by atoms with Crippen LogP contribution in [0.4, 0.5) is 0 Å². The molecule has 27 heavy (non-hydrogen) atoms. The number of ether oxygens (including phenoxy) is 1. The molecule has 0 spiro atoms. The highest BCUT2D eigenvalue weighted by molar-refractivity contribution is 5.94. The van der Waals surface area contributed by atoms with E-state index in [1.54, 1.807) is 36.3 Å². The second-order valence-electron chi connectivity index (χ2n) is 7.17. The number of hydrogen-bond donors (Lipinski definition) is 0. The van der Waals surface area contributed by atoms with Crippen molar-refractivity contribution >= 4 is 5.91 Å². The molecule has 0 saturated carbocycles. The zero-order valence-electron chi connectivity index (χ0n) is 16.0. The summed E-state index contributed by atoms with van der Waals surface area (Å²) in [5.74, 6) is 1.50. The normalized spacial score (nSPS) is 11.3. The number of aromatic nitrogens is 2. The number of benzene rings is 2. The maximum atomic E-state index is 13.1. The summed E-state index contributed by atoms with van der Waals surface area (Å²) in [6.07, 6.45) is 0. The van der Waals surface area contributed by atoms with Crippen molar-refractivity contribution in [1.82, 2.24) is 15.0 Å². The van der Waals surface area contributed by atoms with Gasteiger partial charge in [0.05, 0.1) is 7.11 Å². The van der Waals surface area contributed by atoms with Crippen molar-refractivity contribution in [3.8, 4) is 17.1 Å². The van der Waals surface area contributed by atoms with E-state index < -0.39 is 5.54 Å². The summed E-state index contributed by atoms with van der Waals surface area (Å²) in [7, 11) is 1.60. The van der Waals surface area contributed by atoms with E-state index in [1.165, 1.54) is 0 Å². The van der Waals surface area contributed by atoms with Gasteiger partial charge in [0.15, 0.2) is 0 Å². The molecule has 0 N–H and O–H groups in total. The Balaban J connectivity index is 1.83. The van der Waals surface area contributed by atoms with Crippen LogP contribution in [0.2, 0.25) is 0 Å². The first-order valence-corrected chi connectivity index (χ1v) is 8.72. The monoisotopic (exact) mass is 365 g/mol. The number of nitrogens with zero attached hydrogens (tertiary/aromatic N) is 3. The minimum absolute atomic E-state index is 0.107. The minimum atomic E-state index is -0.418. The standard InChI is InChI=1S/C21H23N3O3/c1-21(2,3)24(20(25)16-10-12-17(26-4)13-11-16)14-18-22-19(23-27-18)15-8-6-5-7-9-15/h5-13H,14H2,1-4H3. The lowest BCUT2D eigenvalue weighted by Crippen LogP contribution is -2.45. The maximum Gasteiger partial charge on any atom is 0.254 e. The molecular weight excluding hydrogens is 342 g/mol. The molecular formula is C21H23N3O3. The van der Waals surface area contributed by atoms with E-state index in [1.807, 2.05) is 51.1 Å². The first-order chi connectivity index (χ1) is 12.9. The predicted molar refractivity (Wildman–Crippen MR) is 102 cm³/mol. The smallest absolute Gasteiger partial charge is 0.254 e. The molecule has 0 fully saturated rings. The molecule has 1 heterocycles. The van der Waals surface area contributed by atoms with Crippen LogP contribution in [0.5, 0.6) is 5.75 Å². The van der Waals surface area contributed by atoms with Crippen molar-refractivity contribution in [1.29, 1.82) is 0 Å². The van der Waals surface area contributed by atoms with Gasteiger partial charge in [0.2, 0.25) is 11.7 Å². The quantitative estimate of drug-likeness (QED) is 0.678. The van der Waals surface area contributed by atoms with Crippen LogP contribution in [-0.2, 0) is 6.54 Å². The van der Waals surface area contributed by atoms with Gasteiger partial charge in [0.25, 0.3) is 5.91 Å². The van der Waals surface area contributed by atoms with Gasteiger partial charge in [-0.05, 0) is 45.0 Å². The lowest BCUT2D eigenvalue weighted by Gasteiger charge is -2.34. The first-order valence-electron chi connectivity index (χ1n) is 8.72. The average molecular weight is 365 g/mol. The van der Waals surface area contributed by atoms with Gasteiger partial charge in [-0.1, -0.05) is 35.5 Å². The molecule has 3 aromatic rings. The van der Waals surface area contributed by atoms with Crippen LogP contribution in [0.15, 0.2) is 59.1 Å². The van der Waals surface area contributed by atoms with Crippen LogP contribution in [-0.4, -0.2) is 33.6 Å². The molecule has 3 rings (SSSR count). The van der Waals surface area contributed by atoms with E-state index in [2.05, 4.69) is 10.1 Å². The van der Waals surface area contributed by atoms with E-state index in [9.17, 15) is 4.79 Å². The van der Waals surface area contributed by atoms with Crippen LogP contribution in [0.1, 0.15) is 37.0 Å². The van der Waals surface area contributed by atoms with E-state index in [4.69, 9.17) is 9.26 Å². The van der Waals surface area contributed by atoms with Crippen LogP contribution in [0, 0.1) is 0 Å². The van der Waals surface area contributed by atoms with Gasteiger partial charge in [0.1, 0.15) is 12.3 Å². The first kappa shape index (κ1) is 18.6. The zero-order chi connectivity index (χ0) is 19.4. The number of hydrogen-bond acceptors (Lipinski definition) is 5. The van der Waals surface area contributed by atoms with Crippen molar-refractivity contribution in [2.24, 2.45) is 0 Å². The number of carbonyl (C=O) groups is 1. The fourth-order valence-corrected chi connectivity index (χ4v) is 2.66. The van der Waals surface area contributed by atoms with E-state index >= 15 is 0 Å². The van der Waals surface area contributed by atoms with Crippen molar-refractivity contribution in [3.63, 3.8) is 0 Å². The summed E-state index contributed by atoms with van der Waals surface area (Å²) in [5, 5.41) is 4.04. The molecule has 2 aromatic carbocycles. The molecule has 1 aromatic heterocycles. The van der Waals surface area contributed by atoms with Gasteiger partial charge in [-0.3, -0.25) is 4.79 Å². The number of amides is 1. The summed E-state index contributed by atoms with van der Waals surface area (Å²) in [5.41, 5.74) is 1.03.